The van der Waals surface area contributed by atoms with E-state index < -0.39 is 0 Å². The van der Waals surface area contributed by atoms with Gasteiger partial charge in [-0.2, -0.15) is 0 Å². The Kier molecular flexibility index (Phi) is 7.82. The van der Waals surface area contributed by atoms with E-state index in [4.69, 9.17) is 4.74 Å². The van der Waals surface area contributed by atoms with Crippen molar-refractivity contribution in [2.45, 2.75) is 38.5 Å². The summed E-state index contributed by atoms with van der Waals surface area (Å²) in [6.07, 6.45) is 7.39. The molecule has 160 valence electrons. The van der Waals surface area contributed by atoms with E-state index in [0.717, 1.165) is 6.42 Å². The van der Waals surface area contributed by atoms with Gasteiger partial charge in [-0.3, -0.25) is 9.59 Å². The standard InChI is InChI=1S/C24H29FN2O3/c1-30-22-11-10-20(25)15-21(22)18-8-5-9-19(14-18)24(29)27-16-23(28)26-13-12-17-6-3-2-4-7-17/h5,8-11,14-15,17H,2-4,6-7,12-13,16H2,1H3,(H,26,28)(H,27,29). The number of carbonyl (C=O) groups is 2. The van der Waals surface area contributed by atoms with Gasteiger partial charge in [-0.05, 0) is 48.2 Å². The van der Waals surface area contributed by atoms with Gasteiger partial charge in [0.15, 0.2) is 0 Å². The Bertz CT molecular complexity index is 879. The Morgan fingerprint density at radius 2 is 1.87 bits per heavy atom. The minimum Gasteiger partial charge on any atom is -0.496 e. The van der Waals surface area contributed by atoms with Crippen LogP contribution in [0.2, 0.25) is 0 Å². The number of ether oxygens (including phenoxy) is 1. The second-order valence-electron chi connectivity index (χ2n) is 7.75. The first-order valence-corrected chi connectivity index (χ1v) is 10.6. The maximum absolute atomic E-state index is 13.7. The molecule has 0 spiro atoms. The van der Waals surface area contributed by atoms with Crippen LogP contribution in [0.3, 0.4) is 0 Å². The van der Waals surface area contributed by atoms with E-state index in [0.29, 0.717) is 34.9 Å². The lowest BCUT2D eigenvalue weighted by atomic mass is 9.87. The molecule has 1 saturated carbocycles. The smallest absolute Gasteiger partial charge is 0.251 e. The summed E-state index contributed by atoms with van der Waals surface area (Å²) < 4.78 is 19.0. The number of hydrogen-bond acceptors (Lipinski definition) is 3. The van der Waals surface area contributed by atoms with Gasteiger partial charge in [0, 0.05) is 17.7 Å². The molecule has 30 heavy (non-hydrogen) atoms. The molecule has 2 N–H and O–H groups in total. The number of amides is 2. The summed E-state index contributed by atoms with van der Waals surface area (Å²) in [5.41, 5.74) is 1.62. The molecular weight excluding hydrogens is 383 g/mol. The highest BCUT2D eigenvalue weighted by atomic mass is 19.1. The molecule has 0 aromatic heterocycles. The fourth-order valence-corrected chi connectivity index (χ4v) is 3.95. The average molecular weight is 413 g/mol. The monoisotopic (exact) mass is 412 g/mol. The van der Waals surface area contributed by atoms with Gasteiger partial charge < -0.3 is 15.4 Å². The van der Waals surface area contributed by atoms with Crippen molar-refractivity contribution in [3.8, 4) is 16.9 Å². The normalized spacial score (nSPS) is 14.2. The van der Waals surface area contributed by atoms with Gasteiger partial charge in [-0.15, -0.1) is 0 Å². The highest BCUT2D eigenvalue weighted by molar-refractivity contribution is 5.97. The molecule has 0 atom stereocenters. The van der Waals surface area contributed by atoms with Crippen molar-refractivity contribution in [1.82, 2.24) is 10.6 Å². The number of nitrogens with one attached hydrogen (secondary N) is 2. The minimum atomic E-state index is -0.384. The summed E-state index contributed by atoms with van der Waals surface area (Å²) in [5, 5.41) is 5.53. The third kappa shape index (κ3) is 6.05. The lowest BCUT2D eigenvalue weighted by molar-refractivity contribution is -0.120. The lowest BCUT2D eigenvalue weighted by Gasteiger charge is -2.21. The largest absolute Gasteiger partial charge is 0.496 e. The van der Waals surface area contributed by atoms with Crippen molar-refractivity contribution in [1.29, 1.82) is 0 Å². The molecule has 0 heterocycles. The van der Waals surface area contributed by atoms with Crippen molar-refractivity contribution in [3.05, 3.63) is 53.8 Å². The second-order valence-corrected chi connectivity index (χ2v) is 7.75. The molecule has 0 saturated heterocycles. The molecule has 2 aromatic rings. The van der Waals surface area contributed by atoms with Crippen LogP contribution in [0.25, 0.3) is 11.1 Å². The van der Waals surface area contributed by atoms with Gasteiger partial charge in [0.2, 0.25) is 5.91 Å². The van der Waals surface area contributed by atoms with E-state index >= 15 is 0 Å². The Balaban J connectivity index is 1.53. The number of hydrogen-bond donors (Lipinski definition) is 2. The Hall–Kier alpha value is -2.89. The third-order valence-electron chi connectivity index (χ3n) is 5.61. The van der Waals surface area contributed by atoms with Crippen molar-refractivity contribution >= 4 is 11.8 Å². The molecule has 2 aromatic carbocycles. The topological polar surface area (TPSA) is 67.4 Å². The number of benzene rings is 2. The Labute approximate surface area is 177 Å². The maximum atomic E-state index is 13.7. The molecule has 0 radical (unpaired) electrons. The number of halogens is 1. The van der Waals surface area contributed by atoms with Crippen molar-refractivity contribution in [3.63, 3.8) is 0 Å². The second kappa shape index (κ2) is 10.8. The molecule has 1 aliphatic carbocycles. The van der Waals surface area contributed by atoms with Crippen LogP contribution in [0.5, 0.6) is 5.75 Å². The first-order chi connectivity index (χ1) is 14.6. The van der Waals surface area contributed by atoms with E-state index in [1.165, 1.54) is 51.3 Å². The molecular formula is C24H29FN2O3. The average Bonchev–Trinajstić information content (AvgIpc) is 2.78. The Morgan fingerprint density at radius 3 is 2.63 bits per heavy atom. The predicted molar refractivity (Wildman–Crippen MR) is 115 cm³/mol. The molecule has 3 rings (SSSR count). The summed E-state index contributed by atoms with van der Waals surface area (Å²) in [7, 11) is 1.51. The number of rotatable bonds is 8. The zero-order valence-electron chi connectivity index (χ0n) is 17.4. The zero-order chi connectivity index (χ0) is 21.3. The highest BCUT2D eigenvalue weighted by Crippen LogP contribution is 2.31. The fourth-order valence-electron chi connectivity index (χ4n) is 3.95. The first kappa shape index (κ1) is 21.8. The summed E-state index contributed by atoms with van der Waals surface area (Å²) >= 11 is 0. The number of carbonyl (C=O) groups excluding carboxylic acids is 2. The van der Waals surface area contributed by atoms with Crippen LogP contribution in [0.1, 0.15) is 48.9 Å². The van der Waals surface area contributed by atoms with Gasteiger partial charge in [-0.1, -0.05) is 44.2 Å². The zero-order valence-corrected chi connectivity index (χ0v) is 17.4. The first-order valence-electron chi connectivity index (χ1n) is 10.6. The minimum absolute atomic E-state index is 0.0724. The fraction of sp³-hybridized carbons (Fsp3) is 0.417. The molecule has 1 aliphatic rings. The molecule has 2 amide bonds. The van der Waals surface area contributed by atoms with E-state index in [2.05, 4.69) is 10.6 Å². The molecule has 0 unspecified atom stereocenters. The van der Waals surface area contributed by atoms with Crippen molar-refractivity contribution < 1.29 is 18.7 Å². The van der Waals surface area contributed by atoms with E-state index in [1.54, 1.807) is 30.3 Å². The lowest BCUT2D eigenvalue weighted by Crippen LogP contribution is -2.37. The van der Waals surface area contributed by atoms with Gasteiger partial charge in [-0.25, -0.2) is 4.39 Å². The van der Waals surface area contributed by atoms with Gasteiger partial charge in [0.25, 0.3) is 5.91 Å². The van der Waals surface area contributed by atoms with Crippen LogP contribution in [-0.2, 0) is 4.79 Å². The summed E-state index contributed by atoms with van der Waals surface area (Å²) in [6.45, 7) is 0.575. The Morgan fingerprint density at radius 1 is 1.07 bits per heavy atom. The van der Waals surface area contributed by atoms with E-state index in [-0.39, 0.29) is 24.2 Å². The van der Waals surface area contributed by atoms with Crippen LogP contribution in [0, 0.1) is 11.7 Å². The molecule has 1 fully saturated rings. The van der Waals surface area contributed by atoms with E-state index in [9.17, 15) is 14.0 Å². The van der Waals surface area contributed by atoms with Crippen molar-refractivity contribution in [2.75, 3.05) is 20.2 Å². The van der Waals surface area contributed by atoms with Crippen LogP contribution in [0.4, 0.5) is 4.39 Å². The molecule has 6 heteroatoms. The van der Waals surface area contributed by atoms with Crippen LogP contribution < -0.4 is 15.4 Å². The number of methoxy groups -OCH3 is 1. The molecule has 0 bridgehead atoms. The summed E-state index contributed by atoms with van der Waals surface area (Å²) in [6, 6.07) is 11.1. The molecule has 0 aliphatic heterocycles. The summed E-state index contributed by atoms with van der Waals surface area (Å²) in [4.78, 5) is 24.5. The van der Waals surface area contributed by atoms with Crippen LogP contribution in [0.15, 0.2) is 42.5 Å². The van der Waals surface area contributed by atoms with Gasteiger partial charge in [0.05, 0.1) is 13.7 Å². The van der Waals surface area contributed by atoms with Gasteiger partial charge >= 0.3 is 0 Å². The highest BCUT2D eigenvalue weighted by Gasteiger charge is 2.14. The predicted octanol–water partition coefficient (Wildman–Crippen LogP) is 4.32. The quantitative estimate of drug-likeness (QED) is 0.679. The molecule has 5 nitrogen and oxygen atoms in total. The van der Waals surface area contributed by atoms with E-state index in [1.807, 2.05) is 0 Å². The van der Waals surface area contributed by atoms with Gasteiger partial charge in [0.1, 0.15) is 11.6 Å². The SMILES string of the molecule is COc1ccc(F)cc1-c1cccc(C(=O)NCC(=O)NCCC2CCCCC2)c1. The van der Waals surface area contributed by atoms with Crippen molar-refractivity contribution in [2.24, 2.45) is 5.92 Å². The maximum Gasteiger partial charge on any atom is 0.251 e. The van der Waals surface area contributed by atoms with Crippen LogP contribution in [-0.4, -0.2) is 32.0 Å². The third-order valence-corrected chi connectivity index (χ3v) is 5.61. The van der Waals surface area contributed by atoms with Crippen LogP contribution >= 0.6 is 0 Å². The summed E-state index contributed by atoms with van der Waals surface area (Å²) in [5.74, 6) is 0.296.